The van der Waals surface area contributed by atoms with E-state index in [-0.39, 0.29) is 5.38 Å². The Morgan fingerprint density at radius 3 is 2.75 bits per heavy atom. The van der Waals surface area contributed by atoms with Crippen molar-refractivity contribution in [3.8, 4) is 0 Å². The van der Waals surface area contributed by atoms with E-state index in [0.717, 1.165) is 6.42 Å². The highest BCUT2D eigenvalue weighted by Gasteiger charge is 2.45. The molecule has 1 nitrogen and oxygen atoms in total. The number of hydrogen-bond donors (Lipinski definition) is 0. The van der Waals surface area contributed by atoms with Gasteiger partial charge >= 0.3 is 0 Å². The molecule has 1 rings (SSSR count). The SMILES string of the molecule is CCCCC[CH]C1(Cl)OCC1Cl. The molecule has 0 saturated carbocycles. The molecule has 0 aromatic rings. The molecule has 0 spiro atoms. The van der Waals surface area contributed by atoms with Crippen molar-refractivity contribution in [2.24, 2.45) is 0 Å². The standard InChI is InChI=1S/C9H15Cl2O/c1-2-3-4-5-6-9(11)8(10)7-12-9/h6,8H,2-5,7H2,1H3. The highest BCUT2D eigenvalue weighted by atomic mass is 35.5. The molecule has 0 bridgehead atoms. The number of halogens is 2. The van der Waals surface area contributed by atoms with Crippen LogP contribution in [0.1, 0.15) is 32.6 Å². The van der Waals surface area contributed by atoms with Crippen LogP contribution in [-0.4, -0.2) is 17.0 Å². The molecular weight excluding hydrogens is 195 g/mol. The van der Waals surface area contributed by atoms with Crippen molar-refractivity contribution in [1.29, 1.82) is 0 Å². The van der Waals surface area contributed by atoms with Gasteiger partial charge in [0, 0.05) is 6.42 Å². The Bertz CT molecular complexity index is 140. The molecule has 1 radical (unpaired) electrons. The minimum absolute atomic E-state index is 0.0409. The Hall–Kier alpha value is 0.540. The molecule has 1 fully saturated rings. The third kappa shape index (κ3) is 2.51. The van der Waals surface area contributed by atoms with Crippen LogP contribution in [0, 0.1) is 6.42 Å². The summed E-state index contributed by atoms with van der Waals surface area (Å²) < 4.78 is 5.19. The fraction of sp³-hybridized carbons (Fsp3) is 0.889. The van der Waals surface area contributed by atoms with Crippen molar-refractivity contribution < 1.29 is 4.74 Å². The van der Waals surface area contributed by atoms with Crippen LogP contribution in [0.25, 0.3) is 0 Å². The molecule has 0 N–H and O–H groups in total. The zero-order valence-electron chi connectivity index (χ0n) is 7.35. The van der Waals surface area contributed by atoms with Gasteiger partial charge in [-0.05, 0) is 6.42 Å². The molecule has 2 atom stereocenters. The van der Waals surface area contributed by atoms with Crippen molar-refractivity contribution in [1.82, 2.24) is 0 Å². The summed E-state index contributed by atoms with van der Waals surface area (Å²) in [5, 5.41) is -0.698. The molecule has 3 heteroatoms. The molecule has 0 aromatic carbocycles. The van der Waals surface area contributed by atoms with Gasteiger partial charge in [-0.3, -0.25) is 0 Å². The van der Waals surface area contributed by atoms with Gasteiger partial charge in [0.1, 0.15) is 5.38 Å². The second-order valence-corrected chi connectivity index (χ2v) is 4.29. The van der Waals surface area contributed by atoms with Crippen molar-refractivity contribution >= 4 is 23.2 Å². The van der Waals surface area contributed by atoms with Crippen LogP contribution < -0.4 is 0 Å². The minimum atomic E-state index is -0.657. The zero-order valence-corrected chi connectivity index (χ0v) is 8.87. The summed E-state index contributed by atoms with van der Waals surface area (Å²) >= 11 is 11.9. The fourth-order valence-corrected chi connectivity index (χ4v) is 1.64. The Kier molecular flexibility index (Phi) is 4.15. The first-order chi connectivity index (χ1) is 5.69. The number of unbranched alkanes of at least 4 members (excludes halogenated alkanes) is 3. The first kappa shape index (κ1) is 10.6. The van der Waals surface area contributed by atoms with E-state index < -0.39 is 5.06 Å². The van der Waals surface area contributed by atoms with Gasteiger partial charge in [-0.25, -0.2) is 0 Å². The normalized spacial score (nSPS) is 34.8. The predicted molar refractivity (Wildman–Crippen MR) is 52.6 cm³/mol. The van der Waals surface area contributed by atoms with Gasteiger partial charge in [-0.2, -0.15) is 0 Å². The molecule has 12 heavy (non-hydrogen) atoms. The summed E-state index contributed by atoms with van der Waals surface area (Å²) in [6, 6.07) is 0. The quantitative estimate of drug-likeness (QED) is 0.499. The third-order valence-corrected chi connectivity index (χ3v) is 3.20. The molecule has 0 amide bonds. The zero-order chi connectivity index (χ0) is 9.03. The first-order valence-corrected chi connectivity index (χ1v) is 5.32. The van der Waals surface area contributed by atoms with Gasteiger partial charge in [-0.1, -0.05) is 37.8 Å². The van der Waals surface area contributed by atoms with E-state index in [1.807, 2.05) is 6.42 Å². The fourth-order valence-electron chi connectivity index (χ4n) is 1.19. The summed E-state index contributed by atoms with van der Waals surface area (Å²) in [7, 11) is 0. The van der Waals surface area contributed by atoms with E-state index in [0.29, 0.717) is 6.61 Å². The van der Waals surface area contributed by atoms with Crippen LogP contribution in [-0.2, 0) is 4.74 Å². The average Bonchev–Trinajstić information content (AvgIpc) is 2.09. The molecule has 1 heterocycles. The largest absolute Gasteiger partial charge is 0.356 e. The molecule has 0 aliphatic carbocycles. The van der Waals surface area contributed by atoms with E-state index in [1.54, 1.807) is 0 Å². The minimum Gasteiger partial charge on any atom is -0.356 e. The second kappa shape index (κ2) is 4.69. The average molecular weight is 210 g/mol. The summed E-state index contributed by atoms with van der Waals surface area (Å²) in [5.74, 6) is 0. The van der Waals surface area contributed by atoms with Crippen LogP contribution in [0.5, 0.6) is 0 Å². The number of hydrogen-bond acceptors (Lipinski definition) is 1. The summed E-state index contributed by atoms with van der Waals surface area (Å²) in [4.78, 5) is 0. The second-order valence-electron chi connectivity index (χ2n) is 3.18. The van der Waals surface area contributed by atoms with E-state index in [1.165, 1.54) is 19.3 Å². The van der Waals surface area contributed by atoms with Crippen LogP contribution in [0.15, 0.2) is 0 Å². The number of rotatable bonds is 5. The van der Waals surface area contributed by atoms with E-state index >= 15 is 0 Å². The molecule has 2 unspecified atom stereocenters. The van der Waals surface area contributed by atoms with Gasteiger partial charge in [0.15, 0.2) is 5.06 Å². The Balaban J connectivity index is 2.06. The molecule has 1 aliphatic heterocycles. The maximum absolute atomic E-state index is 6.03. The lowest BCUT2D eigenvalue weighted by atomic mass is 10.0. The van der Waals surface area contributed by atoms with E-state index in [4.69, 9.17) is 27.9 Å². The summed E-state index contributed by atoms with van der Waals surface area (Å²) in [5.41, 5.74) is 0. The van der Waals surface area contributed by atoms with Gasteiger partial charge in [-0.15, -0.1) is 11.6 Å². The molecule has 1 saturated heterocycles. The van der Waals surface area contributed by atoms with Crippen LogP contribution >= 0.6 is 23.2 Å². The Labute approximate surface area is 84.4 Å². The highest BCUT2D eigenvalue weighted by Crippen LogP contribution is 2.39. The van der Waals surface area contributed by atoms with Crippen molar-refractivity contribution in [2.45, 2.75) is 43.0 Å². The monoisotopic (exact) mass is 209 g/mol. The highest BCUT2D eigenvalue weighted by molar-refractivity contribution is 6.33. The smallest absolute Gasteiger partial charge is 0.163 e. The predicted octanol–water partition coefficient (Wildman–Crippen LogP) is 3.34. The van der Waals surface area contributed by atoms with E-state index in [9.17, 15) is 0 Å². The van der Waals surface area contributed by atoms with Crippen molar-refractivity contribution in [3.05, 3.63) is 6.42 Å². The molecule has 1 aliphatic rings. The third-order valence-electron chi connectivity index (χ3n) is 2.11. The number of ether oxygens (including phenoxy) is 1. The topological polar surface area (TPSA) is 9.23 Å². The lowest BCUT2D eigenvalue weighted by Gasteiger charge is -2.40. The van der Waals surface area contributed by atoms with Crippen molar-refractivity contribution in [2.75, 3.05) is 6.61 Å². The Morgan fingerprint density at radius 1 is 1.58 bits per heavy atom. The molecule has 0 aromatic heterocycles. The molecule has 71 valence electrons. The first-order valence-electron chi connectivity index (χ1n) is 4.50. The van der Waals surface area contributed by atoms with Gasteiger partial charge in [0.2, 0.25) is 0 Å². The van der Waals surface area contributed by atoms with Crippen LogP contribution in [0.3, 0.4) is 0 Å². The maximum Gasteiger partial charge on any atom is 0.163 e. The number of alkyl halides is 2. The molecular formula is C9H15Cl2O. The summed E-state index contributed by atoms with van der Waals surface area (Å²) in [6.45, 7) is 2.76. The lowest BCUT2D eigenvalue weighted by molar-refractivity contribution is -0.0584. The van der Waals surface area contributed by atoms with Gasteiger partial charge in [0.05, 0.1) is 6.61 Å². The van der Waals surface area contributed by atoms with Crippen LogP contribution in [0.4, 0.5) is 0 Å². The van der Waals surface area contributed by atoms with Crippen LogP contribution in [0.2, 0.25) is 0 Å². The van der Waals surface area contributed by atoms with Gasteiger partial charge < -0.3 is 4.74 Å². The van der Waals surface area contributed by atoms with Crippen molar-refractivity contribution in [3.63, 3.8) is 0 Å². The van der Waals surface area contributed by atoms with Gasteiger partial charge in [0.25, 0.3) is 0 Å². The summed E-state index contributed by atoms with van der Waals surface area (Å²) in [6.07, 6.45) is 6.65. The van der Waals surface area contributed by atoms with E-state index in [2.05, 4.69) is 6.92 Å². The lowest BCUT2D eigenvalue weighted by Crippen LogP contribution is -2.50. The maximum atomic E-state index is 6.03. The Morgan fingerprint density at radius 2 is 2.33 bits per heavy atom.